The second-order valence-electron chi connectivity index (χ2n) is 1.60. The van der Waals surface area contributed by atoms with Gasteiger partial charge in [-0.3, -0.25) is 0 Å². The lowest BCUT2D eigenvalue weighted by molar-refractivity contribution is 0.465. The summed E-state index contributed by atoms with van der Waals surface area (Å²) in [7, 11) is 0. The van der Waals surface area contributed by atoms with Gasteiger partial charge in [-0.05, 0) is 28.1 Å². The molecule has 0 saturated carbocycles. The van der Waals surface area contributed by atoms with E-state index in [1.165, 1.54) is 12.1 Å². The van der Waals surface area contributed by atoms with Crippen molar-refractivity contribution in [1.29, 1.82) is 0 Å². The molecular formula is C8H10BrFO. The Labute approximate surface area is 74.0 Å². The van der Waals surface area contributed by atoms with Crippen LogP contribution in [0.2, 0.25) is 0 Å². The van der Waals surface area contributed by atoms with Crippen molar-refractivity contribution in [1.82, 2.24) is 0 Å². The zero-order valence-corrected chi connectivity index (χ0v) is 8.02. The normalized spacial score (nSPS) is 8.36. The van der Waals surface area contributed by atoms with Crippen LogP contribution in [0.1, 0.15) is 13.8 Å². The highest BCUT2D eigenvalue weighted by atomic mass is 79.9. The molecule has 0 aliphatic heterocycles. The van der Waals surface area contributed by atoms with E-state index in [2.05, 4.69) is 15.9 Å². The third kappa shape index (κ3) is 3.37. The quantitative estimate of drug-likeness (QED) is 0.712. The lowest BCUT2D eigenvalue weighted by atomic mass is 10.3. The predicted molar refractivity (Wildman–Crippen MR) is 47.1 cm³/mol. The van der Waals surface area contributed by atoms with Crippen LogP contribution < -0.4 is 0 Å². The van der Waals surface area contributed by atoms with E-state index in [-0.39, 0.29) is 5.75 Å². The molecule has 0 amide bonds. The standard InChI is InChI=1S/C6H4BrFO.C2H6/c7-5-2-1-4(8)3-6(5)9;1-2/h1-3,9H;1-2H3. The lowest BCUT2D eigenvalue weighted by Crippen LogP contribution is -1.72. The maximum Gasteiger partial charge on any atom is 0.132 e. The van der Waals surface area contributed by atoms with E-state index in [1.807, 2.05) is 13.8 Å². The Morgan fingerprint density at radius 3 is 2.27 bits per heavy atom. The molecule has 62 valence electrons. The Kier molecular flexibility index (Phi) is 4.86. The molecule has 0 bridgehead atoms. The molecule has 1 aromatic carbocycles. The van der Waals surface area contributed by atoms with Crippen LogP contribution in [0.4, 0.5) is 4.39 Å². The van der Waals surface area contributed by atoms with E-state index in [0.29, 0.717) is 4.47 Å². The molecule has 0 atom stereocenters. The number of phenolic OH excluding ortho intramolecular Hbond substituents is 1. The van der Waals surface area contributed by atoms with Crippen LogP contribution >= 0.6 is 15.9 Å². The molecule has 0 heterocycles. The van der Waals surface area contributed by atoms with Gasteiger partial charge in [0.2, 0.25) is 0 Å². The lowest BCUT2D eigenvalue weighted by Gasteiger charge is -1.93. The molecule has 0 fully saturated rings. The molecule has 1 aromatic rings. The Bertz CT molecular complexity index is 225. The molecule has 11 heavy (non-hydrogen) atoms. The van der Waals surface area contributed by atoms with Gasteiger partial charge in [0.1, 0.15) is 11.6 Å². The number of aromatic hydroxyl groups is 1. The topological polar surface area (TPSA) is 20.2 Å². The van der Waals surface area contributed by atoms with Gasteiger partial charge in [-0.1, -0.05) is 13.8 Å². The SMILES string of the molecule is CC.Oc1cc(F)ccc1Br. The number of phenols is 1. The van der Waals surface area contributed by atoms with Gasteiger partial charge in [0.15, 0.2) is 0 Å². The zero-order valence-electron chi connectivity index (χ0n) is 6.44. The number of hydrogen-bond donors (Lipinski definition) is 1. The van der Waals surface area contributed by atoms with Crippen LogP contribution in [-0.2, 0) is 0 Å². The largest absolute Gasteiger partial charge is 0.507 e. The third-order valence-corrected chi connectivity index (χ3v) is 1.58. The first kappa shape index (κ1) is 10.4. The summed E-state index contributed by atoms with van der Waals surface area (Å²) in [5.74, 6) is -0.509. The summed E-state index contributed by atoms with van der Waals surface area (Å²) >= 11 is 3.01. The van der Waals surface area contributed by atoms with Crippen LogP contribution in [0, 0.1) is 5.82 Å². The second kappa shape index (κ2) is 5.13. The van der Waals surface area contributed by atoms with Gasteiger partial charge in [0, 0.05) is 6.07 Å². The van der Waals surface area contributed by atoms with Gasteiger partial charge >= 0.3 is 0 Å². The monoisotopic (exact) mass is 220 g/mol. The zero-order chi connectivity index (χ0) is 8.85. The fourth-order valence-corrected chi connectivity index (χ4v) is 0.732. The second-order valence-corrected chi connectivity index (χ2v) is 2.45. The summed E-state index contributed by atoms with van der Waals surface area (Å²) < 4.78 is 12.7. The van der Waals surface area contributed by atoms with Crippen LogP contribution in [0.25, 0.3) is 0 Å². The van der Waals surface area contributed by atoms with Crippen molar-refractivity contribution in [3.63, 3.8) is 0 Å². The maximum absolute atomic E-state index is 12.2. The van der Waals surface area contributed by atoms with Crippen LogP contribution in [0.5, 0.6) is 5.75 Å². The average Bonchev–Trinajstić information content (AvgIpc) is 2.02. The molecule has 0 aliphatic carbocycles. The molecule has 0 unspecified atom stereocenters. The number of rotatable bonds is 0. The predicted octanol–water partition coefficient (Wildman–Crippen LogP) is 3.32. The minimum absolute atomic E-state index is 0.0741. The molecule has 3 heteroatoms. The van der Waals surface area contributed by atoms with Gasteiger partial charge in [0.25, 0.3) is 0 Å². The van der Waals surface area contributed by atoms with E-state index in [1.54, 1.807) is 0 Å². The van der Waals surface area contributed by atoms with Crippen LogP contribution in [0.3, 0.4) is 0 Å². The summed E-state index contributed by atoms with van der Waals surface area (Å²) in [5.41, 5.74) is 0. The first-order valence-electron chi connectivity index (χ1n) is 3.34. The van der Waals surface area contributed by atoms with Gasteiger partial charge < -0.3 is 5.11 Å². The van der Waals surface area contributed by atoms with E-state index in [9.17, 15) is 4.39 Å². The van der Waals surface area contributed by atoms with Crippen molar-refractivity contribution in [2.24, 2.45) is 0 Å². The van der Waals surface area contributed by atoms with Crippen molar-refractivity contribution in [3.8, 4) is 5.75 Å². The first-order chi connectivity index (χ1) is 5.20. The summed E-state index contributed by atoms with van der Waals surface area (Å²) in [6, 6.07) is 3.76. The van der Waals surface area contributed by atoms with Gasteiger partial charge in [0.05, 0.1) is 4.47 Å². The molecule has 0 radical (unpaired) electrons. The molecule has 0 spiro atoms. The van der Waals surface area contributed by atoms with Crippen molar-refractivity contribution in [2.75, 3.05) is 0 Å². The van der Waals surface area contributed by atoms with E-state index in [4.69, 9.17) is 5.11 Å². The number of hydrogen-bond acceptors (Lipinski definition) is 1. The highest BCUT2D eigenvalue weighted by Crippen LogP contribution is 2.23. The van der Waals surface area contributed by atoms with Crippen molar-refractivity contribution in [3.05, 3.63) is 28.5 Å². The van der Waals surface area contributed by atoms with E-state index >= 15 is 0 Å². The summed E-state index contributed by atoms with van der Waals surface area (Å²) in [5, 5.41) is 8.81. The summed E-state index contributed by atoms with van der Waals surface area (Å²) in [6.07, 6.45) is 0. The maximum atomic E-state index is 12.2. The average molecular weight is 221 g/mol. The highest BCUT2D eigenvalue weighted by Gasteiger charge is 1.96. The molecular weight excluding hydrogens is 211 g/mol. The van der Waals surface area contributed by atoms with Crippen molar-refractivity contribution >= 4 is 15.9 Å². The van der Waals surface area contributed by atoms with Gasteiger partial charge in [-0.2, -0.15) is 0 Å². The Hall–Kier alpha value is -0.570. The Morgan fingerprint density at radius 2 is 1.91 bits per heavy atom. The van der Waals surface area contributed by atoms with Crippen molar-refractivity contribution < 1.29 is 9.50 Å². The number of benzene rings is 1. The molecule has 0 aromatic heterocycles. The molecule has 1 N–H and O–H groups in total. The van der Waals surface area contributed by atoms with Crippen molar-refractivity contribution in [2.45, 2.75) is 13.8 Å². The summed E-state index contributed by atoms with van der Waals surface area (Å²) in [6.45, 7) is 4.00. The van der Waals surface area contributed by atoms with Crippen LogP contribution in [0.15, 0.2) is 22.7 Å². The Morgan fingerprint density at radius 1 is 1.36 bits per heavy atom. The van der Waals surface area contributed by atoms with E-state index < -0.39 is 5.82 Å². The molecule has 0 saturated heterocycles. The van der Waals surface area contributed by atoms with E-state index in [0.717, 1.165) is 6.07 Å². The fraction of sp³-hybridized carbons (Fsp3) is 0.250. The molecule has 1 rings (SSSR count). The smallest absolute Gasteiger partial charge is 0.132 e. The minimum Gasteiger partial charge on any atom is -0.507 e. The highest BCUT2D eigenvalue weighted by molar-refractivity contribution is 9.10. The van der Waals surface area contributed by atoms with Crippen LogP contribution in [-0.4, -0.2) is 5.11 Å². The Balaban J connectivity index is 0.000000461. The van der Waals surface area contributed by atoms with Gasteiger partial charge in [-0.15, -0.1) is 0 Å². The minimum atomic E-state index is -0.435. The van der Waals surface area contributed by atoms with Gasteiger partial charge in [-0.25, -0.2) is 4.39 Å². The molecule has 0 aliphatic rings. The first-order valence-corrected chi connectivity index (χ1v) is 4.13. The fourth-order valence-electron chi connectivity index (χ4n) is 0.486. The third-order valence-electron chi connectivity index (χ3n) is 0.908. The molecule has 1 nitrogen and oxygen atoms in total. The summed E-state index contributed by atoms with van der Waals surface area (Å²) in [4.78, 5) is 0. The number of halogens is 2.